The first kappa shape index (κ1) is 18.7. The van der Waals surface area contributed by atoms with Crippen LogP contribution in [0.3, 0.4) is 0 Å². The summed E-state index contributed by atoms with van der Waals surface area (Å²) in [6.45, 7) is 2.72. The molecule has 0 spiro atoms. The van der Waals surface area contributed by atoms with Gasteiger partial charge in [-0.1, -0.05) is 0 Å². The number of piperidine rings is 1. The molecule has 2 N–H and O–H groups in total. The zero-order valence-electron chi connectivity index (χ0n) is 11.8. The fourth-order valence-electron chi connectivity index (χ4n) is 2.38. The van der Waals surface area contributed by atoms with E-state index in [1.165, 1.54) is 0 Å². The highest BCUT2D eigenvalue weighted by Crippen LogP contribution is 2.30. The Morgan fingerprint density at radius 1 is 1.32 bits per heavy atom. The zero-order chi connectivity index (χ0) is 15.6. The van der Waals surface area contributed by atoms with Gasteiger partial charge in [-0.05, 0) is 44.5 Å². The average Bonchev–Trinajstić information content (AvgIpc) is 2.39. The van der Waals surface area contributed by atoms with Crippen LogP contribution in [0.2, 0.25) is 0 Å². The number of carbonyl (C=O) groups excluding carboxylic acids is 1. The summed E-state index contributed by atoms with van der Waals surface area (Å²) in [6, 6.07) is 1.70. The lowest BCUT2D eigenvalue weighted by Crippen LogP contribution is -2.51. The fourth-order valence-corrected chi connectivity index (χ4v) is 2.38. The van der Waals surface area contributed by atoms with Gasteiger partial charge >= 0.3 is 6.18 Å². The lowest BCUT2D eigenvalue weighted by Gasteiger charge is -2.30. The largest absolute Gasteiger partial charge is 0.416 e. The smallest absolute Gasteiger partial charge is 0.348 e. The molecule has 1 aliphatic rings. The highest BCUT2D eigenvalue weighted by atomic mass is 35.5. The summed E-state index contributed by atoms with van der Waals surface area (Å²) in [5.41, 5.74) is -1.48. The van der Waals surface area contributed by atoms with Crippen LogP contribution in [0.1, 0.15) is 35.7 Å². The molecule has 22 heavy (non-hydrogen) atoms. The average molecular weight is 341 g/mol. The Balaban J connectivity index is 0.00000242. The Bertz CT molecular complexity index is 536. The van der Waals surface area contributed by atoms with Gasteiger partial charge in [0.05, 0.1) is 5.56 Å². The van der Waals surface area contributed by atoms with Crippen LogP contribution < -0.4 is 10.6 Å². The third kappa shape index (κ3) is 4.58. The number of amides is 1. The second-order valence-electron chi connectivity index (χ2n) is 5.19. The molecule has 0 radical (unpaired) electrons. The van der Waals surface area contributed by atoms with Crippen LogP contribution in [0.25, 0.3) is 0 Å². The third-order valence-corrected chi connectivity index (χ3v) is 3.57. The van der Waals surface area contributed by atoms with E-state index in [1.54, 1.807) is 0 Å². The van der Waals surface area contributed by atoms with E-state index < -0.39 is 23.5 Å². The summed E-state index contributed by atoms with van der Waals surface area (Å²) in [6.07, 6.45) is -3.08. The second-order valence-corrected chi connectivity index (χ2v) is 5.19. The maximum absolute atomic E-state index is 13.3. The number of rotatable bonds is 2. The van der Waals surface area contributed by atoms with Gasteiger partial charge in [-0.2, -0.15) is 13.2 Å². The maximum atomic E-state index is 13.3. The first-order valence-electron chi connectivity index (χ1n) is 6.69. The van der Waals surface area contributed by atoms with E-state index in [2.05, 4.69) is 10.6 Å². The van der Waals surface area contributed by atoms with Crippen molar-refractivity contribution in [2.45, 2.75) is 38.0 Å². The molecule has 0 saturated carbocycles. The number of alkyl halides is 3. The van der Waals surface area contributed by atoms with Gasteiger partial charge in [-0.15, -0.1) is 12.4 Å². The molecule has 1 saturated heterocycles. The van der Waals surface area contributed by atoms with Gasteiger partial charge < -0.3 is 10.6 Å². The van der Waals surface area contributed by atoms with E-state index in [0.29, 0.717) is 12.1 Å². The molecule has 2 unspecified atom stereocenters. The number of hydrogen-bond acceptors (Lipinski definition) is 2. The van der Waals surface area contributed by atoms with E-state index in [0.717, 1.165) is 25.5 Å². The molecule has 1 heterocycles. The van der Waals surface area contributed by atoms with Gasteiger partial charge in [0.25, 0.3) is 5.91 Å². The van der Waals surface area contributed by atoms with Crippen molar-refractivity contribution in [3.05, 3.63) is 35.1 Å². The molecule has 3 nitrogen and oxygen atoms in total. The van der Waals surface area contributed by atoms with Crippen molar-refractivity contribution in [1.29, 1.82) is 0 Å². The van der Waals surface area contributed by atoms with Crippen molar-refractivity contribution in [1.82, 2.24) is 10.6 Å². The van der Waals surface area contributed by atoms with Gasteiger partial charge in [0.2, 0.25) is 0 Å². The zero-order valence-corrected chi connectivity index (χ0v) is 12.7. The molecule has 0 aliphatic carbocycles. The summed E-state index contributed by atoms with van der Waals surface area (Å²) in [5.74, 6) is -1.77. The van der Waals surface area contributed by atoms with Crippen LogP contribution in [-0.2, 0) is 6.18 Å². The summed E-state index contributed by atoms with van der Waals surface area (Å²) in [5, 5.41) is 5.82. The normalized spacial score (nSPS) is 21.9. The van der Waals surface area contributed by atoms with Crippen molar-refractivity contribution in [2.75, 3.05) is 6.54 Å². The minimum Gasteiger partial charge on any atom is -0.348 e. The van der Waals surface area contributed by atoms with Gasteiger partial charge in [-0.25, -0.2) is 4.39 Å². The molecular weight excluding hydrogens is 324 g/mol. The van der Waals surface area contributed by atoms with E-state index in [1.807, 2.05) is 6.92 Å². The summed E-state index contributed by atoms with van der Waals surface area (Å²) in [4.78, 5) is 12.0. The van der Waals surface area contributed by atoms with Crippen molar-refractivity contribution in [3.63, 3.8) is 0 Å². The van der Waals surface area contributed by atoms with Crippen molar-refractivity contribution in [3.8, 4) is 0 Å². The van der Waals surface area contributed by atoms with Crippen LogP contribution in [0.4, 0.5) is 17.6 Å². The van der Waals surface area contributed by atoms with Crippen molar-refractivity contribution < 1.29 is 22.4 Å². The molecule has 0 bridgehead atoms. The highest BCUT2D eigenvalue weighted by Gasteiger charge is 2.32. The minimum atomic E-state index is -4.68. The van der Waals surface area contributed by atoms with E-state index in [4.69, 9.17) is 0 Å². The van der Waals surface area contributed by atoms with Gasteiger partial charge in [0.15, 0.2) is 0 Å². The maximum Gasteiger partial charge on any atom is 0.416 e. The summed E-state index contributed by atoms with van der Waals surface area (Å²) in [7, 11) is 0. The monoisotopic (exact) mass is 340 g/mol. The predicted octanol–water partition coefficient (Wildman–Crippen LogP) is 3.14. The summed E-state index contributed by atoms with van der Waals surface area (Å²) >= 11 is 0. The van der Waals surface area contributed by atoms with Gasteiger partial charge in [-0.3, -0.25) is 4.79 Å². The lowest BCUT2D eigenvalue weighted by atomic mass is 9.99. The molecular formula is C14H17ClF4N2O. The molecule has 0 aromatic heterocycles. The Morgan fingerprint density at radius 3 is 2.59 bits per heavy atom. The molecule has 1 aliphatic heterocycles. The van der Waals surface area contributed by atoms with E-state index in [9.17, 15) is 22.4 Å². The lowest BCUT2D eigenvalue weighted by molar-refractivity contribution is -0.137. The molecule has 1 amide bonds. The van der Waals surface area contributed by atoms with Crippen molar-refractivity contribution >= 4 is 18.3 Å². The quantitative estimate of drug-likeness (QED) is 0.812. The van der Waals surface area contributed by atoms with Crippen LogP contribution in [-0.4, -0.2) is 24.5 Å². The number of halogens is 5. The molecule has 1 aromatic rings. The first-order chi connectivity index (χ1) is 9.77. The molecule has 1 aromatic carbocycles. The van der Waals surface area contributed by atoms with E-state index >= 15 is 0 Å². The third-order valence-electron chi connectivity index (χ3n) is 3.57. The van der Waals surface area contributed by atoms with E-state index in [-0.39, 0.29) is 30.1 Å². The van der Waals surface area contributed by atoms with Crippen molar-refractivity contribution in [2.24, 2.45) is 0 Å². The molecule has 1 fully saturated rings. The van der Waals surface area contributed by atoms with Crippen LogP contribution in [0, 0.1) is 5.82 Å². The first-order valence-corrected chi connectivity index (χ1v) is 6.69. The highest BCUT2D eigenvalue weighted by molar-refractivity contribution is 5.94. The Kier molecular flexibility index (Phi) is 6.19. The predicted molar refractivity (Wildman–Crippen MR) is 76.6 cm³/mol. The topological polar surface area (TPSA) is 41.1 Å². The molecule has 124 valence electrons. The number of benzene rings is 1. The Labute approximate surface area is 131 Å². The van der Waals surface area contributed by atoms with Gasteiger partial charge in [0, 0.05) is 17.6 Å². The van der Waals surface area contributed by atoms with Crippen LogP contribution >= 0.6 is 12.4 Å². The summed E-state index contributed by atoms with van der Waals surface area (Å²) < 4.78 is 51.2. The number of hydrogen-bond donors (Lipinski definition) is 2. The molecule has 2 rings (SSSR count). The second kappa shape index (κ2) is 7.28. The van der Waals surface area contributed by atoms with Crippen LogP contribution in [0.5, 0.6) is 0 Å². The molecule has 2 atom stereocenters. The van der Waals surface area contributed by atoms with Gasteiger partial charge in [0.1, 0.15) is 5.82 Å². The fraction of sp³-hybridized carbons (Fsp3) is 0.500. The minimum absolute atomic E-state index is 0. The molecule has 8 heteroatoms. The Morgan fingerprint density at radius 2 is 2.00 bits per heavy atom. The Hall–Kier alpha value is -1.34. The SMILES string of the molecule is CC1NCCCC1NC(=O)c1cc(F)cc(C(F)(F)F)c1.Cl. The number of carbonyl (C=O) groups is 1. The standard InChI is InChI=1S/C14H16F4N2O.ClH/c1-8-12(3-2-4-19-8)20-13(21)9-5-10(14(16,17)18)7-11(15)6-9;/h5-8,12,19H,2-4H2,1H3,(H,20,21);1H. The van der Waals surface area contributed by atoms with Crippen LogP contribution in [0.15, 0.2) is 18.2 Å². The number of nitrogens with one attached hydrogen (secondary N) is 2.